The van der Waals surface area contributed by atoms with Crippen LogP contribution in [0.1, 0.15) is 37.7 Å². The first-order valence-corrected chi connectivity index (χ1v) is 14.6. The van der Waals surface area contributed by atoms with Crippen molar-refractivity contribution in [1.29, 1.82) is 0 Å². The lowest BCUT2D eigenvalue weighted by Gasteiger charge is -2.29. The average molecular weight is 547 g/mol. The van der Waals surface area contributed by atoms with Gasteiger partial charge in [0.25, 0.3) is 0 Å². The van der Waals surface area contributed by atoms with Crippen LogP contribution in [-0.2, 0) is 19.6 Å². The van der Waals surface area contributed by atoms with Crippen LogP contribution in [0.4, 0.5) is 5.69 Å². The number of ether oxygens (including phenoxy) is 2. The van der Waals surface area contributed by atoms with Crippen molar-refractivity contribution >= 4 is 27.6 Å². The van der Waals surface area contributed by atoms with E-state index in [-0.39, 0.29) is 32.2 Å². The summed E-state index contributed by atoms with van der Waals surface area (Å²) in [5, 5.41) is 10.3. The smallest absolute Gasteiger partial charge is 0.308 e. The summed E-state index contributed by atoms with van der Waals surface area (Å²) in [6.07, 6.45) is 6.29. The Hall–Kier alpha value is -3.22. The summed E-state index contributed by atoms with van der Waals surface area (Å²) in [4.78, 5) is 33.9. The normalized spacial score (nSPS) is 20.9. The van der Waals surface area contributed by atoms with Crippen LogP contribution in [0.3, 0.4) is 0 Å². The van der Waals surface area contributed by atoms with Gasteiger partial charge in [0.2, 0.25) is 22.7 Å². The van der Waals surface area contributed by atoms with Crippen LogP contribution in [0.5, 0.6) is 11.5 Å². The molecule has 2 N–H and O–H groups in total. The molecule has 38 heavy (non-hydrogen) atoms. The summed E-state index contributed by atoms with van der Waals surface area (Å²) >= 11 is 0. The third-order valence-electron chi connectivity index (χ3n) is 6.99. The number of unbranched alkanes of at least 4 members (excludes halogenated alkanes) is 1. The van der Waals surface area contributed by atoms with E-state index in [1.165, 1.54) is 0 Å². The molecule has 3 atom stereocenters. The number of sulfonamides is 1. The Morgan fingerprint density at radius 2 is 2.03 bits per heavy atom. The number of hydrogen-bond acceptors (Lipinski definition) is 8. The molecule has 1 fully saturated rings. The Bertz CT molecular complexity index is 1240. The van der Waals surface area contributed by atoms with E-state index >= 15 is 0 Å². The number of benzene rings is 1. The number of hydrogen-bond donors (Lipinski definition) is 2. The number of carboxylic acids is 1. The predicted octanol–water partition coefficient (Wildman–Crippen LogP) is 2.05. The summed E-state index contributed by atoms with van der Waals surface area (Å²) in [5.41, 5.74) is 1.45. The van der Waals surface area contributed by atoms with Gasteiger partial charge in [0.05, 0.1) is 30.6 Å². The SMILES string of the molecule is CCCCN(C(=O)CN1CC(c2ccc3c(c2)OCO3)C(C(=O)O)C1CCNS(C)(=O)=O)c1cccnc1. The van der Waals surface area contributed by atoms with E-state index < -0.39 is 33.9 Å². The fourth-order valence-corrected chi connectivity index (χ4v) is 5.70. The highest BCUT2D eigenvalue weighted by Gasteiger charge is 2.47. The van der Waals surface area contributed by atoms with Crippen molar-refractivity contribution in [2.75, 3.05) is 44.1 Å². The zero-order valence-corrected chi connectivity index (χ0v) is 22.4. The summed E-state index contributed by atoms with van der Waals surface area (Å²) in [7, 11) is -3.45. The van der Waals surface area contributed by atoms with Crippen molar-refractivity contribution in [3.8, 4) is 11.5 Å². The molecule has 2 aliphatic heterocycles. The monoisotopic (exact) mass is 546 g/mol. The maximum absolute atomic E-state index is 13.6. The number of likely N-dealkylation sites (tertiary alicyclic amines) is 1. The molecule has 3 unspecified atom stereocenters. The molecule has 0 bridgehead atoms. The molecule has 1 aromatic carbocycles. The van der Waals surface area contributed by atoms with Crippen LogP contribution < -0.4 is 19.1 Å². The minimum Gasteiger partial charge on any atom is -0.481 e. The van der Waals surface area contributed by atoms with Crippen molar-refractivity contribution < 1.29 is 32.6 Å². The number of carbonyl (C=O) groups excluding carboxylic acids is 1. The number of nitrogens with one attached hydrogen (secondary N) is 1. The number of aliphatic carboxylic acids is 1. The highest BCUT2D eigenvalue weighted by molar-refractivity contribution is 7.88. The first-order valence-electron chi connectivity index (χ1n) is 12.7. The number of carbonyl (C=O) groups is 2. The van der Waals surface area contributed by atoms with E-state index in [1.54, 1.807) is 35.5 Å². The molecule has 1 saturated heterocycles. The number of rotatable bonds is 12. The summed E-state index contributed by atoms with van der Waals surface area (Å²) in [5.74, 6) is -1.29. The minimum atomic E-state index is -3.45. The van der Waals surface area contributed by atoms with Crippen molar-refractivity contribution in [1.82, 2.24) is 14.6 Å². The number of pyridine rings is 1. The van der Waals surface area contributed by atoms with Gasteiger partial charge in [-0.3, -0.25) is 19.5 Å². The molecule has 1 amide bonds. The molecule has 0 spiro atoms. The molecule has 2 aromatic rings. The summed E-state index contributed by atoms with van der Waals surface area (Å²) in [6.45, 7) is 3.05. The average Bonchev–Trinajstić information content (AvgIpc) is 3.48. The lowest BCUT2D eigenvalue weighted by atomic mass is 9.84. The van der Waals surface area contributed by atoms with Crippen molar-refractivity contribution in [2.24, 2.45) is 5.92 Å². The second-order valence-electron chi connectivity index (χ2n) is 9.65. The molecule has 0 saturated carbocycles. The molecule has 2 aliphatic rings. The first kappa shape index (κ1) is 27.8. The third kappa shape index (κ3) is 6.61. The first-order chi connectivity index (χ1) is 18.2. The van der Waals surface area contributed by atoms with Crippen LogP contribution >= 0.6 is 0 Å². The number of anilines is 1. The van der Waals surface area contributed by atoms with Gasteiger partial charge in [-0.2, -0.15) is 0 Å². The van der Waals surface area contributed by atoms with Crippen LogP contribution in [0.25, 0.3) is 0 Å². The van der Waals surface area contributed by atoms with Crippen LogP contribution in [0.15, 0.2) is 42.7 Å². The number of carboxylic acid groups (broad SMARTS) is 1. The number of amides is 1. The molecule has 1 aromatic heterocycles. The Morgan fingerprint density at radius 1 is 1.24 bits per heavy atom. The van der Waals surface area contributed by atoms with E-state index in [1.807, 2.05) is 24.0 Å². The van der Waals surface area contributed by atoms with Gasteiger partial charge in [0, 0.05) is 37.8 Å². The standard InChI is InChI=1S/C26H34N4O7S/c1-3-4-12-30(19-6-5-10-27-14-19)24(31)16-29-15-20(18-7-8-22-23(13-18)37-17-36-22)25(26(32)33)21(29)9-11-28-38(2,34)35/h5-8,10,13-14,20-21,25,28H,3-4,9,11-12,15-17H2,1-2H3,(H,32,33). The van der Waals surface area contributed by atoms with Gasteiger partial charge in [0.1, 0.15) is 0 Å². The fourth-order valence-electron chi connectivity index (χ4n) is 5.21. The summed E-state index contributed by atoms with van der Waals surface area (Å²) < 4.78 is 36.7. The van der Waals surface area contributed by atoms with E-state index in [0.29, 0.717) is 30.3 Å². The molecule has 0 radical (unpaired) electrons. The molecule has 206 valence electrons. The lowest BCUT2D eigenvalue weighted by molar-refractivity contribution is -0.143. The van der Waals surface area contributed by atoms with E-state index in [4.69, 9.17) is 9.47 Å². The van der Waals surface area contributed by atoms with Gasteiger partial charge >= 0.3 is 5.97 Å². The maximum Gasteiger partial charge on any atom is 0.308 e. The second kappa shape index (κ2) is 12.1. The molecular weight excluding hydrogens is 512 g/mol. The maximum atomic E-state index is 13.6. The van der Waals surface area contributed by atoms with Gasteiger partial charge in [-0.25, -0.2) is 13.1 Å². The Kier molecular flexibility index (Phi) is 8.85. The van der Waals surface area contributed by atoms with Crippen LogP contribution in [-0.4, -0.2) is 80.6 Å². The summed E-state index contributed by atoms with van der Waals surface area (Å²) in [6, 6.07) is 8.42. The van der Waals surface area contributed by atoms with Gasteiger partial charge in [-0.05, 0) is 42.7 Å². The molecule has 3 heterocycles. The van der Waals surface area contributed by atoms with Crippen LogP contribution in [0.2, 0.25) is 0 Å². The quantitative estimate of drug-likeness (QED) is 0.410. The van der Waals surface area contributed by atoms with Gasteiger partial charge in [0.15, 0.2) is 11.5 Å². The zero-order chi connectivity index (χ0) is 27.3. The van der Waals surface area contributed by atoms with Gasteiger partial charge < -0.3 is 19.5 Å². The zero-order valence-electron chi connectivity index (χ0n) is 21.6. The van der Waals surface area contributed by atoms with Gasteiger partial charge in [-0.1, -0.05) is 19.4 Å². The molecular formula is C26H34N4O7S. The highest BCUT2D eigenvalue weighted by atomic mass is 32.2. The highest BCUT2D eigenvalue weighted by Crippen LogP contribution is 2.42. The van der Waals surface area contributed by atoms with Crippen molar-refractivity contribution in [3.63, 3.8) is 0 Å². The van der Waals surface area contributed by atoms with Crippen molar-refractivity contribution in [3.05, 3.63) is 48.3 Å². The number of nitrogens with zero attached hydrogens (tertiary/aromatic N) is 3. The Balaban J connectivity index is 1.62. The molecule has 12 heteroatoms. The van der Waals surface area contributed by atoms with Crippen LogP contribution in [0, 0.1) is 5.92 Å². The van der Waals surface area contributed by atoms with Crippen molar-refractivity contribution in [2.45, 2.75) is 38.1 Å². The largest absolute Gasteiger partial charge is 0.481 e. The lowest BCUT2D eigenvalue weighted by Crippen LogP contribution is -2.45. The van der Waals surface area contributed by atoms with Gasteiger partial charge in [-0.15, -0.1) is 0 Å². The molecule has 4 rings (SSSR count). The number of aromatic nitrogens is 1. The number of fused-ring (bicyclic) bond motifs is 1. The minimum absolute atomic E-state index is 0.00696. The second-order valence-corrected chi connectivity index (χ2v) is 11.5. The Labute approximate surface area is 222 Å². The molecule has 11 nitrogen and oxygen atoms in total. The topological polar surface area (TPSA) is 138 Å². The Morgan fingerprint density at radius 3 is 2.71 bits per heavy atom. The van der Waals surface area contributed by atoms with E-state index in [2.05, 4.69) is 9.71 Å². The molecule has 0 aliphatic carbocycles. The van der Waals surface area contributed by atoms with E-state index in [0.717, 1.165) is 24.7 Å². The van der Waals surface area contributed by atoms with E-state index in [9.17, 15) is 23.1 Å². The predicted molar refractivity (Wildman–Crippen MR) is 141 cm³/mol. The third-order valence-corrected chi connectivity index (χ3v) is 7.72. The fraction of sp³-hybridized carbons (Fsp3) is 0.500.